The lowest BCUT2D eigenvalue weighted by Crippen LogP contribution is -2.55. The number of primary amides is 1. The summed E-state index contributed by atoms with van der Waals surface area (Å²) < 4.78 is 41.1. The average Bonchev–Trinajstić information content (AvgIpc) is 2.98. The second kappa shape index (κ2) is 11.3. The number of para-hydroxylation sites is 1. The van der Waals surface area contributed by atoms with E-state index in [1.165, 1.54) is 11.0 Å². The van der Waals surface area contributed by atoms with Crippen LogP contribution in [0.4, 0.5) is 29.3 Å². The number of aryl methyl sites for hydroxylation is 1. The third kappa shape index (κ3) is 6.70. The largest absolute Gasteiger partial charge is 0.416 e. The summed E-state index contributed by atoms with van der Waals surface area (Å²) in [6.07, 6.45) is -4.64. The van der Waals surface area contributed by atoms with Gasteiger partial charge in [-0.05, 0) is 75.1 Å². The monoisotopic (exact) mass is 566 g/mol. The molecule has 0 saturated heterocycles. The number of anilines is 2. The van der Waals surface area contributed by atoms with Gasteiger partial charge in [-0.25, -0.2) is 4.79 Å². The average molecular weight is 567 g/mol. The lowest BCUT2D eigenvalue weighted by Gasteiger charge is -2.33. The first kappa shape index (κ1) is 29.6. The highest BCUT2D eigenvalue weighted by Crippen LogP contribution is 2.42. The Bertz CT molecular complexity index is 1470. The van der Waals surface area contributed by atoms with Crippen molar-refractivity contribution in [3.8, 4) is 0 Å². The van der Waals surface area contributed by atoms with Crippen molar-refractivity contribution in [3.05, 3.63) is 95.1 Å². The van der Waals surface area contributed by atoms with Gasteiger partial charge < -0.3 is 16.0 Å². The molecule has 0 aromatic heterocycles. The van der Waals surface area contributed by atoms with Crippen LogP contribution in [-0.2, 0) is 15.8 Å². The molecular formula is C31H33F3N4O3. The van der Waals surface area contributed by atoms with Crippen LogP contribution in [0.2, 0.25) is 0 Å². The van der Waals surface area contributed by atoms with E-state index in [4.69, 9.17) is 5.73 Å². The molecule has 3 aromatic carbocycles. The van der Waals surface area contributed by atoms with E-state index in [1.54, 1.807) is 48.5 Å². The molecular weight excluding hydrogens is 533 g/mol. The minimum atomic E-state index is -4.58. The second-order valence-electron chi connectivity index (χ2n) is 11.3. The Hall–Kier alpha value is -4.34. The first-order chi connectivity index (χ1) is 19.2. The Balaban J connectivity index is 1.92. The van der Waals surface area contributed by atoms with Crippen molar-refractivity contribution >= 4 is 29.2 Å². The van der Waals surface area contributed by atoms with E-state index < -0.39 is 47.1 Å². The van der Waals surface area contributed by atoms with Crippen LogP contribution >= 0.6 is 0 Å². The summed E-state index contributed by atoms with van der Waals surface area (Å²) in [4.78, 5) is 42.8. The van der Waals surface area contributed by atoms with Crippen LogP contribution in [-0.4, -0.2) is 36.0 Å². The van der Waals surface area contributed by atoms with E-state index in [1.807, 2.05) is 33.8 Å². The summed E-state index contributed by atoms with van der Waals surface area (Å²) in [6.45, 7) is 6.88. The molecule has 4 amide bonds. The predicted molar refractivity (Wildman–Crippen MR) is 152 cm³/mol. The van der Waals surface area contributed by atoms with Gasteiger partial charge in [0.05, 0.1) is 5.56 Å². The Kier molecular flexibility index (Phi) is 8.15. The van der Waals surface area contributed by atoms with Gasteiger partial charge in [0.1, 0.15) is 12.6 Å². The normalized spacial score (nSPS) is 17.4. The molecule has 10 heteroatoms. The molecule has 216 valence electrons. The van der Waals surface area contributed by atoms with Crippen molar-refractivity contribution in [2.45, 2.75) is 57.8 Å². The number of amides is 4. The molecule has 1 heterocycles. The van der Waals surface area contributed by atoms with Gasteiger partial charge in [0.15, 0.2) is 0 Å². The summed E-state index contributed by atoms with van der Waals surface area (Å²) in [5.74, 6) is -1.74. The van der Waals surface area contributed by atoms with Crippen molar-refractivity contribution in [2.24, 2.45) is 5.73 Å². The molecule has 0 radical (unpaired) electrons. The second-order valence-corrected chi connectivity index (χ2v) is 11.3. The number of hydrogen-bond acceptors (Lipinski definition) is 3. The topological polar surface area (TPSA) is 95.7 Å². The number of fused-ring (bicyclic) bond motifs is 1. The highest BCUT2D eigenvalue weighted by molar-refractivity contribution is 6.08. The van der Waals surface area contributed by atoms with E-state index in [-0.39, 0.29) is 13.0 Å². The molecule has 0 spiro atoms. The van der Waals surface area contributed by atoms with E-state index in [0.29, 0.717) is 22.5 Å². The lowest BCUT2D eigenvalue weighted by atomic mass is 9.85. The molecule has 2 unspecified atom stereocenters. The Morgan fingerprint density at radius 3 is 2.32 bits per heavy atom. The van der Waals surface area contributed by atoms with Gasteiger partial charge >= 0.3 is 12.2 Å². The predicted octanol–water partition coefficient (Wildman–Crippen LogP) is 5.75. The third-order valence-electron chi connectivity index (χ3n) is 6.87. The first-order valence-electron chi connectivity index (χ1n) is 13.2. The summed E-state index contributed by atoms with van der Waals surface area (Å²) >= 11 is 0. The fraction of sp³-hybridized carbons (Fsp3) is 0.323. The molecule has 3 aromatic rings. The maximum Gasteiger partial charge on any atom is 0.416 e. The SMILES string of the molecule is Cc1cccc(N(C(N)=O)C2CC(c3cccc(C(F)(F)F)c3)c3ccccc3N(CC(=O)NC(C)(C)C)C2=O)c1. The smallest absolute Gasteiger partial charge is 0.351 e. The van der Waals surface area contributed by atoms with Crippen LogP contribution in [0.3, 0.4) is 0 Å². The number of nitrogens with zero attached hydrogens (tertiary/aromatic N) is 2. The van der Waals surface area contributed by atoms with Crippen LogP contribution in [0.15, 0.2) is 72.8 Å². The lowest BCUT2D eigenvalue weighted by molar-refractivity contribution is -0.137. The molecule has 1 aliphatic rings. The van der Waals surface area contributed by atoms with E-state index in [0.717, 1.165) is 22.6 Å². The summed E-state index contributed by atoms with van der Waals surface area (Å²) in [7, 11) is 0. The number of rotatable bonds is 5. The van der Waals surface area contributed by atoms with Gasteiger partial charge in [0, 0.05) is 22.8 Å². The van der Waals surface area contributed by atoms with Gasteiger partial charge in [0.2, 0.25) is 5.91 Å². The van der Waals surface area contributed by atoms with Gasteiger partial charge in [-0.2, -0.15) is 13.2 Å². The van der Waals surface area contributed by atoms with Crippen LogP contribution in [0, 0.1) is 6.92 Å². The zero-order valence-corrected chi connectivity index (χ0v) is 23.3. The molecule has 2 atom stereocenters. The number of alkyl halides is 3. The summed E-state index contributed by atoms with van der Waals surface area (Å²) in [6, 6.07) is 16.5. The van der Waals surface area contributed by atoms with E-state index in [9.17, 15) is 27.6 Å². The van der Waals surface area contributed by atoms with Crippen molar-refractivity contribution in [1.29, 1.82) is 0 Å². The summed E-state index contributed by atoms with van der Waals surface area (Å²) in [5, 5.41) is 2.85. The number of carbonyl (C=O) groups excluding carboxylic acids is 3. The quantitative estimate of drug-likeness (QED) is 0.412. The number of nitrogens with one attached hydrogen (secondary N) is 1. The van der Waals surface area contributed by atoms with Gasteiger partial charge in [-0.1, -0.05) is 48.5 Å². The van der Waals surface area contributed by atoms with E-state index in [2.05, 4.69) is 5.32 Å². The Morgan fingerprint density at radius 2 is 1.68 bits per heavy atom. The van der Waals surface area contributed by atoms with Crippen molar-refractivity contribution in [2.75, 3.05) is 16.3 Å². The van der Waals surface area contributed by atoms with Crippen molar-refractivity contribution in [3.63, 3.8) is 0 Å². The highest BCUT2D eigenvalue weighted by Gasteiger charge is 2.42. The van der Waals surface area contributed by atoms with Crippen LogP contribution in [0.5, 0.6) is 0 Å². The molecule has 7 nitrogen and oxygen atoms in total. The standard InChI is InChI=1S/C31H33F3N4O3/c1-19-9-7-12-22(15-19)38(29(35)41)26-17-24(20-10-8-11-21(16-20)31(32,33)34)23-13-5-6-14-25(23)37(28(26)40)18-27(39)36-30(2,3)4/h5-16,24,26H,17-18H2,1-4H3,(H2,35,41)(H,36,39). The fourth-order valence-corrected chi connectivity index (χ4v) is 5.24. The molecule has 3 N–H and O–H groups in total. The maximum atomic E-state index is 14.3. The molecule has 0 aliphatic carbocycles. The van der Waals surface area contributed by atoms with Crippen LogP contribution in [0.25, 0.3) is 0 Å². The van der Waals surface area contributed by atoms with Crippen LogP contribution < -0.4 is 20.9 Å². The number of carbonyl (C=O) groups is 3. The molecule has 41 heavy (non-hydrogen) atoms. The third-order valence-corrected chi connectivity index (χ3v) is 6.87. The minimum Gasteiger partial charge on any atom is -0.351 e. The molecule has 0 bridgehead atoms. The van der Waals surface area contributed by atoms with Gasteiger partial charge in [-0.3, -0.25) is 14.5 Å². The molecule has 0 fully saturated rings. The number of urea groups is 1. The van der Waals surface area contributed by atoms with Crippen molar-refractivity contribution in [1.82, 2.24) is 5.32 Å². The minimum absolute atomic E-state index is 0.0641. The number of hydrogen-bond donors (Lipinski definition) is 2. The van der Waals surface area contributed by atoms with E-state index >= 15 is 0 Å². The molecule has 0 saturated carbocycles. The number of nitrogens with two attached hydrogens (primary N) is 1. The fourth-order valence-electron chi connectivity index (χ4n) is 5.24. The first-order valence-corrected chi connectivity index (χ1v) is 13.2. The highest BCUT2D eigenvalue weighted by atomic mass is 19.4. The summed E-state index contributed by atoms with van der Waals surface area (Å²) in [5.41, 5.74) is 6.88. The van der Waals surface area contributed by atoms with Crippen LogP contribution in [0.1, 0.15) is 55.4 Å². The molecule has 1 aliphatic heterocycles. The number of halogens is 3. The Labute approximate surface area is 237 Å². The molecule has 4 rings (SSSR count). The maximum absolute atomic E-state index is 14.3. The van der Waals surface area contributed by atoms with Gasteiger partial charge in [0.25, 0.3) is 5.91 Å². The van der Waals surface area contributed by atoms with Crippen molar-refractivity contribution < 1.29 is 27.6 Å². The number of benzene rings is 3. The Morgan fingerprint density at radius 1 is 1.00 bits per heavy atom. The zero-order valence-electron chi connectivity index (χ0n) is 23.3. The van der Waals surface area contributed by atoms with Gasteiger partial charge in [-0.15, -0.1) is 0 Å². The zero-order chi connectivity index (χ0) is 30.1.